The van der Waals surface area contributed by atoms with Crippen LogP contribution in [-0.4, -0.2) is 79.8 Å². The number of nitrogens with two attached hydrogens (primary N) is 1. The molecule has 0 saturated carbocycles. The molecule has 0 bridgehead atoms. The Hall–Kier alpha value is -1.99. The molecule has 0 unspecified atom stereocenters. The van der Waals surface area contributed by atoms with Crippen molar-refractivity contribution in [3.05, 3.63) is 46.9 Å². The summed E-state index contributed by atoms with van der Waals surface area (Å²) in [5, 5.41) is 22.1. The third kappa shape index (κ3) is 6.51. The van der Waals surface area contributed by atoms with Crippen LogP contribution in [-0.2, 0) is 24.0 Å². The number of anilines is 1. The van der Waals surface area contributed by atoms with Crippen LogP contribution in [0.1, 0.15) is 12.1 Å². The number of aliphatic carboxylic acids is 1. The van der Waals surface area contributed by atoms with Crippen molar-refractivity contribution in [1.29, 1.82) is 0 Å². The summed E-state index contributed by atoms with van der Waals surface area (Å²) in [5.41, 5.74) is 5.94. The number of hydrogen-bond acceptors (Lipinski definition) is 13. The molecule has 2 aromatic rings. The van der Waals surface area contributed by atoms with Gasteiger partial charge in [-0.3, -0.25) is 24.3 Å². The van der Waals surface area contributed by atoms with Gasteiger partial charge in [-0.1, -0.05) is 5.16 Å². The predicted molar refractivity (Wildman–Crippen MR) is 138 cm³/mol. The van der Waals surface area contributed by atoms with Crippen LogP contribution >= 0.6 is 34.9 Å². The van der Waals surface area contributed by atoms with Gasteiger partial charge in [0.15, 0.2) is 10.8 Å². The fourth-order valence-electron chi connectivity index (χ4n) is 3.99. The van der Waals surface area contributed by atoms with Crippen LogP contribution in [0.2, 0.25) is 0 Å². The number of oxime groups is 1. The van der Waals surface area contributed by atoms with Crippen molar-refractivity contribution >= 4 is 69.4 Å². The maximum Gasteiger partial charge on any atom is 1.00 e. The maximum atomic E-state index is 13.2. The van der Waals surface area contributed by atoms with Crippen molar-refractivity contribution in [1.82, 2.24) is 25.5 Å². The van der Waals surface area contributed by atoms with Crippen LogP contribution in [0.4, 0.5) is 5.13 Å². The number of carboxylic acids is 1. The summed E-state index contributed by atoms with van der Waals surface area (Å²) < 4.78 is 0. The number of nitrogens with one attached hydrogen (secondary N) is 2. The third-order valence-electron chi connectivity index (χ3n) is 5.84. The van der Waals surface area contributed by atoms with E-state index in [1.165, 1.54) is 28.9 Å². The quantitative estimate of drug-likeness (QED) is 0.0819. The van der Waals surface area contributed by atoms with Crippen molar-refractivity contribution < 1.29 is 80.5 Å². The Labute approximate surface area is 277 Å². The Bertz CT molecular complexity index is 1350. The Morgan fingerprint density at radius 3 is 2.74 bits per heavy atom. The number of carboxylic acid groups (broad SMARTS) is 1. The van der Waals surface area contributed by atoms with Crippen molar-refractivity contribution in [2.75, 3.05) is 23.8 Å². The zero-order chi connectivity index (χ0) is 26.8. The maximum absolute atomic E-state index is 13.2. The average Bonchev–Trinajstić information content (AvgIpc) is 3.53. The number of nitrogens with zero attached hydrogens (tertiary/aromatic N) is 4. The minimum Gasteiger partial charge on any atom is -0.543 e. The van der Waals surface area contributed by atoms with Crippen molar-refractivity contribution in [2.45, 2.75) is 28.8 Å². The molecule has 3 atom stereocenters. The van der Waals surface area contributed by atoms with E-state index in [0.29, 0.717) is 30.0 Å². The molecule has 2 saturated heterocycles. The fourth-order valence-corrected chi connectivity index (χ4v) is 6.90. The molecule has 0 spiro atoms. The Morgan fingerprint density at radius 1 is 1.33 bits per heavy atom. The molecule has 2 fully saturated rings. The number of nitrogen functional groups attached to an aromatic ring is 1. The molecule has 198 valence electrons. The van der Waals surface area contributed by atoms with Crippen LogP contribution in [0.25, 0.3) is 0 Å². The van der Waals surface area contributed by atoms with Gasteiger partial charge in [0, 0.05) is 47.1 Å². The average molecular weight is 614 g/mol. The van der Waals surface area contributed by atoms with Crippen LogP contribution < -0.4 is 72.9 Å². The SMILES string of the molecule is Nc1nc(/C(=N/O[C@H]2CCNC2=O)C(=O)N[C@@H]2C(=O)N3C(C(=O)[O-])=C(CSc4ccncc4)CS[C@@H]23)cs1.[K+]. The zero-order valence-corrected chi connectivity index (χ0v) is 26.1. The molecular formula is C22H20KN7O6S3. The first-order valence-corrected chi connectivity index (χ1v) is 14.2. The van der Waals surface area contributed by atoms with Crippen LogP contribution in [0.15, 0.2) is 51.2 Å². The number of fused-ring (bicyclic) bond motifs is 1. The van der Waals surface area contributed by atoms with E-state index >= 15 is 0 Å². The Kier molecular flexibility index (Phi) is 10.1. The first-order valence-electron chi connectivity index (χ1n) is 11.3. The smallest absolute Gasteiger partial charge is 0.543 e. The van der Waals surface area contributed by atoms with Gasteiger partial charge in [-0.05, 0) is 17.7 Å². The van der Waals surface area contributed by atoms with Gasteiger partial charge in [0.05, 0.1) is 11.7 Å². The molecule has 13 nitrogen and oxygen atoms in total. The van der Waals surface area contributed by atoms with E-state index in [4.69, 9.17) is 10.6 Å². The van der Waals surface area contributed by atoms with Crippen LogP contribution in [0, 0.1) is 0 Å². The van der Waals surface area contributed by atoms with E-state index in [-0.39, 0.29) is 79.5 Å². The summed E-state index contributed by atoms with van der Waals surface area (Å²) in [5.74, 6) is -2.48. The van der Waals surface area contributed by atoms with Crippen molar-refractivity contribution in [3.8, 4) is 0 Å². The fraction of sp³-hybridized carbons (Fsp3) is 0.318. The standard InChI is InChI=1S/C22H21N7O6S3.K/c23-22-26-12(9-38-22)14(28-35-13-3-6-25-17(13)30)18(31)27-15-19(32)29-16(21(33)34)10(8-37-20(15)29)7-36-11-1-4-24-5-2-11;/h1-2,4-5,9,13,15,20H,3,6-8H2,(H2,23,26)(H,25,30)(H,27,31)(H,33,34);/q;+1/p-1/b28-14-;/t13-,15+,20-;/m0./s1. The van der Waals surface area contributed by atoms with E-state index in [0.717, 1.165) is 21.1 Å². The molecule has 39 heavy (non-hydrogen) atoms. The van der Waals surface area contributed by atoms with Crippen molar-refractivity contribution in [2.24, 2.45) is 5.16 Å². The molecule has 5 rings (SSSR count). The third-order valence-corrected chi connectivity index (χ3v) is 8.95. The molecule has 3 aliphatic heterocycles. The summed E-state index contributed by atoms with van der Waals surface area (Å²) in [4.78, 5) is 65.4. The number of aromatic nitrogens is 2. The molecule has 3 amide bonds. The number of amides is 3. The number of hydrogen-bond donors (Lipinski definition) is 3. The second kappa shape index (κ2) is 13.1. The molecule has 5 heterocycles. The molecular weight excluding hydrogens is 594 g/mol. The predicted octanol–water partition coefficient (Wildman–Crippen LogP) is -4.07. The summed E-state index contributed by atoms with van der Waals surface area (Å²) in [7, 11) is 0. The minimum atomic E-state index is -1.46. The minimum absolute atomic E-state index is 0. The Morgan fingerprint density at radius 2 is 2.10 bits per heavy atom. The zero-order valence-electron chi connectivity index (χ0n) is 20.5. The van der Waals surface area contributed by atoms with E-state index in [9.17, 15) is 24.3 Å². The van der Waals surface area contributed by atoms with Gasteiger partial charge in [-0.2, -0.15) is 0 Å². The largest absolute Gasteiger partial charge is 1.00 e. The van der Waals surface area contributed by atoms with E-state index in [2.05, 4.69) is 25.8 Å². The molecule has 17 heteroatoms. The number of rotatable bonds is 9. The summed E-state index contributed by atoms with van der Waals surface area (Å²) in [6.07, 6.45) is 2.80. The second-order valence-corrected chi connectivity index (χ2v) is 11.3. The first-order chi connectivity index (χ1) is 18.3. The number of carbonyl (C=O) groups excluding carboxylic acids is 4. The van der Waals surface area contributed by atoms with Gasteiger partial charge in [-0.15, -0.1) is 34.9 Å². The monoisotopic (exact) mass is 613 g/mol. The number of pyridine rings is 1. The number of thioether (sulfide) groups is 2. The van der Waals surface area contributed by atoms with Crippen LogP contribution in [0.3, 0.4) is 0 Å². The van der Waals surface area contributed by atoms with E-state index in [1.807, 2.05) is 0 Å². The first kappa shape index (κ1) is 30.0. The molecule has 2 aromatic heterocycles. The molecule has 0 aromatic carbocycles. The van der Waals surface area contributed by atoms with E-state index in [1.54, 1.807) is 24.5 Å². The normalized spacial score (nSPS) is 22.4. The van der Waals surface area contributed by atoms with Gasteiger partial charge in [0.2, 0.25) is 6.10 Å². The van der Waals surface area contributed by atoms with Crippen LogP contribution in [0.5, 0.6) is 0 Å². The van der Waals surface area contributed by atoms with E-state index < -0.39 is 35.3 Å². The number of β-lactam (4-membered cyclic amide) rings is 1. The molecule has 0 aliphatic carbocycles. The molecule has 0 radical (unpaired) electrons. The summed E-state index contributed by atoms with van der Waals surface area (Å²) in [6.45, 7) is 0.423. The summed E-state index contributed by atoms with van der Waals surface area (Å²) in [6, 6.07) is 2.61. The van der Waals surface area contributed by atoms with Gasteiger partial charge in [-0.25, -0.2) is 4.98 Å². The van der Waals surface area contributed by atoms with Crippen molar-refractivity contribution in [3.63, 3.8) is 0 Å². The van der Waals surface area contributed by atoms with Gasteiger partial charge >= 0.3 is 51.4 Å². The van der Waals surface area contributed by atoms with Gasteiger partial charge in [0.25, 0.3) is 17.7 Å². The topological polar surface area (TPSA) is 192 Å². The Balaban J connectivity index is 0.00000353. The summed E-state index contributed by atoms with van der Waals surface area (Å²) >= 11 is 3.84. The van der Waals surface area contributed by atoms with Gasteiger partial charge < -0.3 is 31.1 Å². The molecule has 3 aliphatic rings. The second-order valence-electron chi connectivity index (χ2n) is 8.26. The molecule has 4 N–H and O–H groups in total. The number of carbonyl (C=O) groups is 4. The number of thiazole rings is 1. The van der Waals surface area contributed by atoms with Gasteiger partial charge in [0.1, 0.15) is 17.1 Å².